The van der Waals surface area contributed by atoms with Crippen LogP contribution in [0.5, 0.6) is 0 Å². The summed E-state index contributed by atoms with van der Waals surface area (Å²) in [5, 5.41) is 0. The van der Waals surface area contributed by atoms with Gasteiger partial charge in [0.05, 0.1) is 4.47 Å². The van der Waals surface area contributed by atoms with E-state index in [4.69, 9.17) is 0 Å². The van der Waals surface area contributed by atoms with E-state index in [1.165, 1.54) is 6.42 Å². The highest BCUT2D eigenvalue weighted by Gasteiger charge is 2.09. The molecule has 3 nitrogen and oxygen atoms in total. The molecule has 0 aliphatic carbocycles. The van der Waals surface area contributed by atoms with E-state index in [1.54, 1.807) is 12.5 Å². The average Bonchev–Trinajstić information content (AvgIpc) is 2.18. The van der Waals surface area contributed by atoms with Gasteiger partial charge in [0.2, 0.25) is 0 Å². The topological polar surface area (TPSA) is 29.0 Å². The Balaban J connectivity index is 2.69. The molecule has 1 atom stereocenters. The summed E-state index contributed by atoms with van der Waals surface area (Å²) in [5.74, 6) is 1.64. The Morgan fingerprint density at radius 3 is 2.86 bits per heavy atom. The summed E-state index contributed by atoms with van der Waals surface area (Å²) in [6.45, 7) is 5.46. The minimum absolute atomic E-state index is 0.682. The Morgan fingerprint density at radius 1 is 1.57 bits per heavy atom. The van der Waals surface area contributed by atoms with Gasteiger partial charge in [-0.3, -0.25) is 0 Å². The Labute approximate surface area is 93.7 Å². The third-order valence-corrected chi connectivity index (χ3v) is 2.85. The largest absolute Gasteiger partial charge is 0.358 e. The van der Waals surface area contributed by atoms with Gasteiger partial charge in [-0.15, -0.1) is 0 Å². The maximum atomic E-state index is 4.23. The Bertz CT molecular complexity index is 290. The van der Waals surface area contributed by atoms with Crippen LogP contribution in [0.3, 0.4) is 0 Å². The number of aromatic nitrogens is 2. The quantitative estimate of drug-likeness (QED) is 0.831. The lowest BCUT2D eigenvalue weighted by Gasteiger charge is -2.22. The summed E-state index contributed by atoms with van der Waals surface area (Å²) in [7, 11) is 2.05. The minimum Gasteiger partial charge on any atom is -0.358 e. The van der Waals surface area contributed by atoms with Crippen LogP contribution < -0.4 is 4.90 Å². The van der Waals surface area contributed by atoms with Crippen molar-refractivity contribution in [2.24, 2.45) is 5.92 Å². The standard InChI is InChI=1S/C10H16BrN3/c1-4-8(2)6-14(3)10-9(11)5-12-7-13-10/h5,7-8H,4,6H2,1-3H3. The van der Waals surface area contributed by atoms with Crippen molar-refractivity contribution in [2.75, 3.05) is 18.5 Å². The van der Waals surface area contributed by atoms with E-state index >= 15 is 0 Å². The number of anilines is 1. The number of hydrogen-bond acceptors (Lipinski definition) is 3. The fourth-order valence-electron chi connectivity index (χ4n) is 1.27. The van der Waals surface area contributed by atoms with Gasteiger partial charge in [0, 0.05) is 19.8 Å². The SMILES string of the molecule is CCC(C)CN(C)c1ncncc1Br. The molecule has 0 aromatic carbocycles. The Hall–Kier alpha value is -0.640. The van der Waals surface area contributed by atoms with Gasteiger partial charge in [-0.2, -0.15) is 0 Å². The van der Waals surface area contributed by atoms with Gasteiger partial charge >= 0.3 is 0 Å². The second-order valence-corrected chi connectivity index (χ2v) is 4.44. The summed E-state index contributed by atoms with van der Waals surface area (Å²) in [4.78, 5) is 10.3. The highest BCUT2D eigenvalue weighted by molar-refractivity contribution is 9.10. The monoisotopic (exact) mass is 257 g/mol. The summed E-state index contributed by atoms with van der Waals surface area (Å²) in [6, 6.07) is 0. The molecule has 0 aliphatic rings. The van der Waals surface area contributed by atoms with Crippen molar-refractivity contribution in [1.82, 2.24) is 9.97 Å². The van der Waals surface area contributed by atoms with Crippen LogP contribution in [-0.2, 0) is 0 Å². The van der Waals surface area contributed by atoms with Gasteiger partial charge in [0.25, 0.3) is 0 Å². The first kappa shape index (κ1) is 11.4. The van der Waals surface area contributed by atoms with Crippen molar-refractivity contribution < 1.29 is 0 Å². The van der Waals surface area contributed by atoms with Crippen molar-refractivity contribution in [3.05, 3.63) is 17.0 Å². The van der Waals surface area contributed by atoms with E-state index in [1.807, 2.05) is 0 Å². The molecule has 0 N–H and O–H groups in total. The molecule has 0 fully saturated rings. The van der Waals surface area contributed by atoms with Crippen LogP contribution in [0.25, 0.3) is 0 Å². The van der Waals surface area contributed by atoms with Crippen LogP contribution in [-0.4, -0.2) is 23.6 Å². The third-order valence-electron chi connectivity index (χ3n) is 2.29. The lowest BCUT2D eigenvalue weighted by molar-refractivity contribution is 0.557. The molecule has 14 heavy (non-hydrogen) atoms. The van der Waals surface area contributed by atoms with Gasteiger partial charge in [0.15, 0.2) is 0 Å². The first-order chi connectivity index (χ1) is 6.65. The number of hydrogen-bond donors (Lipinski definition) is 0. The van der Waals surface area contributed by atoms with Gasteiger partial charge in [-0.1, -0.05) is 20.3 Å². The predicted octanol–water partition coefficient (Wildman–Crippen LogP) is 2.72. The van der Waals surface area contributed by atoms with E-state index in [2.05, 4.69) is 51.7 Å². The van der Waals surface area contributed by atoms with Gasteiger partial charge in [-0.25, -0.2) is 9.97 Å². The second kappa shape index (κ2) is 5.29. The lowest BCUT2D eigenvalue weighted by Crippen LogP contribution is -2.24. The minimum atomic E-state index is 0.682. The summed E-state index contributed by atoms with van der Waals surface area (Å²) < 4.78 is 0.950. The molecule has 0 spiro atoms. The van der Waals surface area contributed by atoms with Crippen LogP contribution in [0.15, 0.2) is 17.0 Å². The molecule has 4 heteroatoms. The highest BCUT2D eigenvalue weighted by atomic mass is 79.9. The zero-order valence-corrected chi connectivity index (χ0v) is 10.5. The Kier molecular flexibility index (Phi) is 4.32. The molecule has 1 heterocycles. The molecule has 1 unspecified atom stereocenters. The molecule has 0 radical (unpaired) electrons. The van der Waals surface area contributed by atoms with Crippen LogP contribution in [0.4, 0.5) is 5.82 Å². The van der Waals surface area contributed by atoms with Gasteiger partial charge in [-0.05, 0) is 21.8 Å². The van der Waals surface area contributed by atoms with E-state index in [0.717, 1.165) is 16.8 Å². The average molecular weight is 258 g/mol. The third kappa shape index (κ3) is 2.94. The lowest BCUT2D eigenvalue weighted by atomic mass is 10.1. The molecule has 0 aliphatic heterocycles. The Morgan fingerprint density at radius 2 is 2.29 bits per heavy atom. The summed E-state index contributed by atoms with van der Waals surface area (Å²) in [5.41, 5.74) is 0. The van der Waals surface area contributed by atoms with Crippen LogP contribution in [0.1, 0.15) is 20.3 Å². The molecule has 0 saturated carbocycles. The molecule has 0 amide bonds. The van der Waals surface area contributed by atoms with E-state index < -0.39 is 0 Å². The first-order valence-electron chi connectivity index (χ1n) is 4.81. The van der Waals surface area contributed by atoms with Crippen LogP contribution >= 0.6 is 15.9 Å². The molecular weight excluding hydrogens is 242 g/mol. The van der Waals surface area contributed by atoms with E-state index in [-0.39, 0.29) is 0 Å². The summed E-state index contributed by atoms with van der Waals surface area (Å²) >= 11 is 3.44. The summed E-state index contributed by atoms with van der Waals surface area (Å²) in [6.07, 6.45) is 4.54. The number of halogens is 1. The maximum Gasteiger partial charge on any atom is 0.146 e. The smallest absolute Gasteiger partial charge is 0.146 e. The van der Waals surface area contributed by atoms with Crippen molar-refractivity contribution in [2.45, 2.75) is 20.3 Å². The van der Waals surface area contributed by atoms with Crippen LogP contribution in [0, 0.1) is 5.92 Å². The molecule has 0 bridgehead atoms. The fourth-order valence-corrected chi connectivity index (χ4v) is 1.79. The van der Waals surface area contributed by atoms with Gasteiger partial charge < -0.3 is 4.90 Å². The molecule has 1 rings (SSSR count). The van der Waals surface area contributed by atoms with Crippen molar-refractivity contribution >= 4 is 21.7 Å². The second-order valence-electron chi connectivity index (χ2n) is 3.59. The predicted molar refractivity (Wildman–Crippen MR) is 62.5 cm³/mol. The maximum absolute atomic E-state index is 4.23. The van der Waals surface area contributed by atoms with Crippen molar-refractivity contribution in [1.29, 1.82) is 0 Å². The molecule has 1 aromatic heterocycles. The molecule has 0 saturated heterocycles. The first-order valence-corrected chi connectivity index (χ1v) is 5.61. The van der Waals surface area contributed by atoms with Gasteiger partial charge in [0.1, 0.15) is 12.1 Å². The zero-order chi connectivity index (χ0) is 10.6. The number of rotatable bonds is 4. The zero-order valence-electron chi connectivity index (χ0n) is 8.87. The van der Waals surface area contributed by atoms with Crippen molar-refractivity contribution in [3.8, 4) is 0 Å². The fraction of sp³-hybridized carbons (Fsp3) is 0.600. The molecule has 78 valence electrons. The van der Waals surface area contributed by atoms with E-state index in [9.17, 15) is 0 Å². The normalized spacial score (nSPS) is 12.6. The molecular formula is C10H16BrN3. The van der Waals surface area contributed by atoms with E-state index in [0.29, 0.717) is 5.92 Å². The number of nitrogens with zero attached hydrogens (tertiary/aromatic N) is 3. The molecule has 1 aromatic rings. The van der Waals surface area contributed by atoms with Crippen molar-refractivity contribution in [3.63, 3.8) is 0 Å². The highest BCUT2D eigenvalue weighted by Crippen LogP contribution is 2.21. The van der Waals surface area contributed by atoms with Crippen LogP contribution in [0.2, 0.25) is 0 Å².